The van der Waals surface area contributed by atoms with E-state index in [4.69, 9.17) is 0 Å². The van der Waals surface area contributed by atoms with E-state index in [0.717, 1.165) is 5.56 Å². The molecule has 5 rings (SSSR count). The van der Waals surface area contributed by atoms with E-state index in [1.165, 1.54) is 17.0 Å². The van der Waals surface area contributed by atoms with Gasteiger partial charge in [-0.25, -0.2) is 27.3 Å². The highest BCUT2D eigenvalue weighted by molar-refractivity contribution is 7.91. The minimum absolute atomic E-state index is 0.000891. The first-order valence-corrected chi connectivity index (χ1v) is 14.1. The van der Waals surface area contributed by atoms with Gasteiger partial charge in [-0.1, -0.05) is 6.07 Å². The predicted molar refractivity (Wildman–Crippen MR) is 136 cm³/mol. The van der Waals surface area contributed by atoms with Crippen LogP contribution in [0.5, 0.6) is 0 Å². The van der Waals surface area contributed by atoms with Gasteiger partial charge in [-0.3, -0.25) is 4.79 Å². The summed E-state index contributed by atoms with van der Waals surface area (Å²) in [4.78, 5) is 33.6. The SMILES string of the molecule is CC(C)n1nnnc1-c1cccc(NC(=O)c2cc3c(cc2F)CCN(C(=O)N2CCS(=O)(=O)CC2)C3)n1. The van der Waals surface area contributed by atoms with Crippen LogP contribution in [0, 0.1) is 5.82 Å². The molecule has 0 aliphatic carbocycles. The summed E-state index contributed by atoms with van der Waals surface area (Å²) >= 11 is 0. The number of urea groups is 1. The number of halogens is 1. The zero-order chi connectivity index (χ0) is 27.0. The molecule has 0 unspecified atom stereocenters. The van der Waals surface area contributed by atoms with Crippen LogP contribution in [0.25, 0.3) is 11.5 Å². The Balaban J connectivity index is 1.32. The molecule has 0 radical (unpaired) electrons. The van der Waals surface area contributed by atoms with E-state index < -0.39 is 21.6 Å². The van der Waals surface area contributed by atoms with Crippen molar-refractivity contribution >= 4 is 27.6 Å². The number of hydrogen-bond acceptors (Lipinski definition) is 8. The van der Waals surface area contributed by atoms with Crippen LogP contribution in [-0.2, 0) is 22.8 Å². The molecule has 38 heavy (non-hydrogen) atoms. The van der Waals surface area contributed by atoms with Crippen LogP contribution in [0.3, 0.4) is 0 Å². The summed E-state index contributed by atoms with van der Waals surface area (Å²) in [5.74, 6) is -0.808. The zero-order valence-corrected chi connectivity index (χ0v) is 21.8. The number of hydrogen-bond donors (Lipinski definition) is 1. The van der Waals surface area contributed by atoms with Gasteiger partial charge in [-0.05, 0) is 66.1 Å². The van der Waals surface area contributed by atoms with Crippen molar-refractivity contribution < 1.29 is 22.4 Å². The van der Waals surface area contributed by atoms with E-state index in [2.05, 4.69) is 25.8 Å². The van der Waals surface area contributed by atoms with Crippen LogP contribution in [0.2, 0.25) is 0 Å². The van der Waals surface area contributed by atoms with Crippen molar-refractivity contribution in [2.75, 3.05) is 36.5 Å². The van der Waals surface area contributed by atoms with Crippen LogP contribution < -0.4 is 5.32 Å². The van der Waals surface area contributed by atoms with E-state index in [1.807, 2.05) is 13.8 Å². The minimum Gasteiger partial charge on any atom is -0.323 e. The molecule has 2 aliphatic heterocycles. The van der Waals surface area contributed by atoms with Crippen molar-refractivity contribution in [1.29, 1.82) is 0 Å². The average molecular weight is 543 g/mol. The number of rotatable bonds is 4. The summed E-state index contributed by atoms with van der Waals surface area (Å²) in [5, 5.41) is 14.3. The molecule has 4 heterocycles. The highest BCUT2D eigenvalue weighted by Gasteiger charge is 2.30. The van der Waals surface area contributed by atoms with Gasteiger partial charge >= 0.3 is 6.03 Å². The molecule has 200 valence electrons. The quantitative estimate of drug-likeness (QED) is 0.527. The molecule has 12 nitrogen and oxygen atoms in total. The number of sulfone groups is 1. The first-order valence-electron chi connectivity index (χ1n) is 12.2. The van der Waals surface area contributed by atoms with E-state index in [0.29, 0.717) is 30.0 Å². The number of fused-ring (bicyclic) bond motifs is 1. The summed E-state index contributed by atoms with van der Waals surface area (Å²) in [6.45, 7) is 4.73. The fraction of sp³-hybridized carbons (Fsp3) is 0.417. The van der Waals surface area contributed by atoms with Crippen LogP contribution in [0.1, 0.15) is 41.4 Å². The molecule has 3 amide bonds. The Bertz CT molecular complexity index is 1490. The third kappa shape index (κ3) is 5.21. The Morgan fingerprint density at radius 1 is 1.05 bits per heavy atom. The number of anilines is 1. The highest BCUT2D eigenvalue weighted by Crippen LogP contribution is 2.25. The lowest BCUT2D eigenvalue weighted by molar-refractivity contribution is 0.102. The van der Waals surface area contributed by atoms with Gasteiger partial charge in [-0.2, -0.15) is 0 Å². The molecule has 0 spiro atoms. The van der Waals surface area contributed by atoms with Crippen molar-refractivity contribution in [3.8, 4) is 11.5 Å². The molecule has 0 atom stereocenters. The molecule has 3 aromatic rings. The van der Waals surface area contributed by atoms with Gasteiger partial charge in [0, 0.05) is 26.2 Å². The van der Waals surface area contributed by atoms with Crippen LogP contribution in [-0.4, -0.2) is 86.5 Å². The Labute approximate surface area is 218 Å². The zero-order valence-electron chi connectivity index (χ0n) is 21.0. The molecule has 0 bridgehead atoms. The monoisotopic (exact) mass is 542 g/mol. The molecule has 14 heteroatoms. The molecule has 2 aromatic heterocycles. The first kappa shape index (κ1) is 25.7. The third-order valence-corrected chi connectivity index (χ3v) is 8.24. The van der Waals surface area contributed by atoms with Crippen molar-refractivity contribution in [3.05, 3.63) is 52.8 Å². The number of carbonyl (C=O) groups excluding carboxylic acids is 2. The molecule has 1 N–H and O–H groups in total. The van der Waals surface area contributed by atoms with Gasteiger partial charge in [0.25, 0.3) is 5.91 Å². The Morgan fingerprint density at radius 2 is 1.82 bits per heavy atom. The van der Waals surface area contributed by atoms with Crippen LogP contribution in [0.4, 0.5) is 15.0 Å². The molecule has 2 aliphatic rings. The van der Waals surface area contributed by atoms with E-state index in [1.54, 1.807) is 27.8 Å². The second-order valence-electron chi connectivity index (χ2n) is 9.60. The molecule has 1 saturated heterocycles. The minimum atomic E-state index is -3.11. The van der Waals surface area contributed by atoms with Crippen molar-refractivity contribution in [2.45, 2.75) is 32.9 Å². The number of carbonyl (C=O) groups is 2. The number of tetrazole rings is 1. The van der Waals surface area contributed by atoms with E-state index >= 15 is 0 Å². The van der Waals surface area contributed by atoms with Gasteiger partial charge in [-0.15, -0.1) is 5.10 Å². The van der Waals surface area contributed by atoms with Gasteiger partial charge in [0.15, 0.2) is 9.84 Å². The lowest BCUT2D eigenvalue weighted by Gasteiger charge is -2.35. The predicted octanol–water partition coefficient (Wildman–Crippen LogP) is 1.92. The first-order chi connectivity index (χ1) is 18.1. The van der Waals surface area contributed by atoms with Crippen LogP contribution >= 0.6 is 0 Å². The van der Waals surface area contributed by atoms with Gasteiger partial charge in [0.05, 0.1) is 23.1 Å². The summed E-state index contributed by atoms with van der Waals surface area (Å²) in [6.07, 6.45) is 0.431. The second kappa shape index (κ2) is 10.1. The Hall–Kier alpha value is -3.94. The maximum Gasteiger partial charge on any atom is 0.320 e. The highest BCUT2D eigenvalue weighted by atomic mass is 32.2. The number of benzene rings is 1. The summed E-state index contributed by atoms with van der Waals surface area (Å²) in [7, 11) is -3.11. The fourth-order valence-electron chi connectivity index (χ4n) is 4.54. The summed E-state index contributed by atoms with van der Waals surface area (Å²) in [6, 6.07) is 7.52. The summed E-state index contributed by atoms with van der Waals surface area (Å²) < 4.78 is 39.9. The van der Waals surface area contributed by atoms with E-state index in [9.17, 15) is 22.4 Å². The summed E-state index contributed by atoms with van der Waals surface area (Å²) in [5.41, 5.74) is 1.68. The molecular weight excluding hydrogens is 515 g/mol. The van der Waals surface area contributed by atoms with Gasteiger partial charge in [0.2, 0.25) is 5.82 Å². The van der Waals surface area contributed by atoms with Crippen molar-refractivity contribution in [3.63, 3.8) is 0 Å². The van der Waals surface area contributed by atoms with Crippen molar-refractivity contribution in [1.82, 2.24) is 35.0 Å². The maximum atomic E-state index is 14.9. The van der Waals surface area contributed by atoms with Gasteiger partial charge < -0.3 is 15.1 Å². The van der Waals surface area contributed by atoms with Gasteiger partial charge in [0.1, 0.15) is 17.3 Å². The third-order valence-electron chi connectivity index (χ3n) is 6.63. The molecular formula is C24H27FN8O4S. The standard InChI is InChI=1S/C24H27FN8O4S/c1-15(2)33-22(28-29-30-33)20-4-3-5-21(26-20)27-23(34)18-12-17-14-32(7-6-16(17)13-19(18)25)24(35)31-8-10-38(36,37)11-9-31/h3-5,12-13,15H,6-11,14H2,1-2H3,(H,26,27,34). The smallest absolute Gasteiger partial charge is 0.320 e. The lowest BCUT2D eigenvalue weighted by Crippen LogP contribution is -2.50. The maximum absolute atomic E-state index is 14.9. The van der Waals surface area contributed by atoms with E-state index in [-0.39, 0.29) is 54.6 Å². The Morgan fingerprint density at radius 3 is 2.55 bits per heavy atom. The number of aromatic nitrogens is 5. The largest absolute Gasteiger partial charge is 0.323 e. The average Bonchev–Trinajstić information content (AvgIpc) is 3.38. The molecule has 1 fully saturated rings. The molecule has 0 saturated carbocycles. The number of amides is 3. The number of nitrogens with zero attached hydrogens (tertiary/aromatic N) is 7. The topological polar surface area (TPSA) is 143 Å². The lowest BCUT2D eigenvalue weighted by atomic mass is 9.96. The van der Waals surface area contributed by atoms with Crippen LogP contribution in [0.15, 0.2) is 30.3 Å². The number of pyridine rings is 1. The van der Waals surface area contributed by atoms with Crippen molar-refractivity contribution in [2.24, 2.45) is 0 Å². The second-order valence-corrected chi connectivity index (χ2v) is 11.9. The Kier molecular flexibility index (Phi) is 6.82. The molecule has 1 aromatic carbocycles. The normalized spacial score (nSPS) is 16.8. The fourth-order valence-corrected chi connectivity index (χ4v) is 5.74. The number of nitrogens with one attached hydrogen (secondary N) is 1.